The summed E-state index contributed by atoms with van der Waals surface area (Å²) in [6.07, 6.45) is 2.42. The van der Waals surface area contributed by atoms with Gasteiger partial charge in [0.15, 0.2) is 0 Å². The number of carboxylic acids is 1. The van der Waals surface area contributed by atoms with Crippen molar-refractivity contribution in [3.8, 4) is 0 Å². The molecule has 5 nitrogen and oxygen atoms in total. The van der Waals surface area contributed by atoms with Crippen LogP contribution in [-0.4, -0.2) is 48.7 Å². The zero-order valence-corrected chi connectivity index (χ0v) is 12.1. The van der Waals surface area contributed by atoms with Gasteiger partial charge in [-0.15, -0.1) is 0 Å². The molecule has 1 saturated heterocycles. The van der Waals surface area contributed by atoms with Crippen LogP contribution in [0.15, 0.2) is 0 Å². The summed E-state index contributed by atoms with van der Waals surface area (Å²) in [5, 5.41) is 9.40. The van der Waals surface area contributed by atoms with Gasteiger partial charge in [0.05, 0.1) is 5.41 Å². The van der Waals surface area contributed by atoms with Crippen LogP contribution in [0.1, 0.15) is 39.5 Å². The van der Waals surface area contributed by atoms with Gasteiger partial charge in [-0.3, -0.25) is 9.59 Å². The lowest BCUT2D eigenvalue weighted by atomic mass is 9.77. The smallest absolute Gasteiger partial charge is 0.311 e. The number of ether oxygens (including phenoxy) is 1. The molecule has 1 N–H and O–H groups in total. The van der Waals surface area contributed by atoms with E-state index in [2.05, 4.69) is 0 Å². The molecule has 1 heterocycles. The Kier molecular flexibility index (Phi) is 5.79. The quantitative estimate of drug-likeness (QED) is 0.799. The SMILES string of the molecule is CCC1(C(=O)O)CCCN(C(=O)CC(C)COC)C1. The fourth-order valence-corrected chi connectivity index (χ4v) is 2.73. The van der Waals surface area contributed by atoms with Crippen molar-refractivity contribution in [2.75, 3.05) is 26.8 Å². The molecule has 0 bridgehead atoms. The largest absolute Gasteiger partial charge is 0.481 e. The van der Waals surface area contributed by atoms with Gasteiger partial charge in [-0.2, -0.15) is 0 Å². The molecular formula is C14H25NO4. The molecule has 19 heavy (non-hydrogen) atoms. The summed E-state index contributed by atoms with van der Waals surface area (Å²) in [6.45, 7) is 5.42. The van der Waals surface area contributed by atoms with E-state index in [1.807, 2.05) is 13.8 Å². The molecule has 110 valence electrons. The standard InChI is InChI=1S/C14H25NO4/c1-4-14(13(17)18)6-5-7-15(10-14)12(16)8-11(2)9-19-3/h11H,4-10H2,1-3H3,(H,17,18). The second kappa shape index (κ2) is 6.89. The van der Waals surface area contributed by atoms with Gasteiger partial charge in [0, 0.05) is 33.2 Å². The highest BCUT2D eigenvalue weighted by molar-refractivity contribution is 5.79. The van der Waals surface area contributed by atoms with E-state index in [1.54, 1.807) is 12.0 Å². The lowest BCUT2D eigenvalue weighted by molar-refractivity contribution is -0.155. The van der Waals surface area contributed by atoms with Crippen molar-refractivity contribution in [3.05, 3.63) is 0 Å². The van der Waals surface area contributed by atoms with Crippen molar-refractivity contribution in [3.63, 3.8) is 0 Å². The fraction of sp³-hybridized carbons (Fsp3) is 0.857. The maximum atomic E-state index is 12.2. The van der Waals surface area contributed by atoms with E-state index < -0.39 is 11.4 Å². The van der Waals surface area contributed by atoms with E-state index in [-0.39, 0.29) is 11.8 Å². The molecular weight excluding hydrogens is 246 g/mol. The summed E-state index contributed by atoms with van der Waals surface area (Å²) in [7, 11) is 1.62. The molecule has 2 unspecified atom stereocenters. The van der Waals surface area contributed by atoms with Crippen LogP contribution in [0.3, 0.4) is 0 Å². The van der Waals surface area contributed by atoms with Crippen LogP contribution in [0.5, 0.6) is 0 Å². The summed E-state index contributed by atoms with van der Waals surface area (Å²) in [6, 6.07) is 0. The number of rotatable bonds is 6. The molecule has 1 aliphatic rings. The summed E-state index contributed by atoms with van der Waals surface area (Å²) in [5.41, 5.74) is -0.752. The van der Waals surface area contributed by atoms with Crippen LogP contribution in [0.25, 0.3) is 0 Å². The van der Waals surface area contributed by atoms with Gasteiger partial charge in [-0.05, 0) is 25.2 Å². The Morgan fingerprint density at radius 2 is 2.16 bits per heavy atom. The third kappa shape index (κ3) is 3.93. The lowest BCUT2D eigenvalue weighted by Gasteiger charge is -2.39. The normalized spacial score (nSPS) is 25.1. The van der Waals surface area contributed by atoms with E-state index in [1.165, 1.54) is 0 Å². The Labute approximate surface area is 114 Å². The number of hydrogen-bond donors (Lipinski definition) is 1. The number of carbonyl (C=O) groups is 2. The first-order valence-electron chi connectivity index (χ1n) is 6.95. The van der Waals surface area contributed by atoms with E-state index in [4.69, 9.17) is 4.74 Å². The minimum atomic E-state index is -0.780. The molecule has 1 rings (SSSR count). The van der Waals surface area contributed by atoms with Crippen LogP contribution in [-0.2, 0) is 14.3 Å². The first-order valence-corrected chi connectivity index (χ1v) is 6.95. The number of methoxy groups -OCH3 is 1. The zero-order valence-electron chi connectivity index (χ0n) is 12.1. The van der Waals surface area contributed by atoms with Gasteiger partial charge < -0.3 is 14.7 Å². The molecule has 0 aromatic heterocycles. The number of likely N-dealkylation sites (tertiary alicyclic amines) is 1. The van der Waals surface area contributed by atoms with Gasteiger partial charge in [0.1, 0.15) is 0 Å². The second-order valence-electron chi connectivity index (χ2n) is 5.62. The monoisotopic (exact) mass is 271 g/mol. The summed E-state index contributed by atoms with van der Waals surface area (Å²) < 4.78 is 5.03. The fourth-order valence-electron chi connectivity index (χ4n) is 2.73. The second-order valence-corrected chi connectivity index (χ2v) is 5.62. The van der Waals surface area contributed by atoms with Crippen LogP contribution >= 0.6 is 0 Å². The third-order valence-electron chi connectivity index (χ3n) is 4.03. The molecule has 2 atom stereocenters. The maximum absolute atomic E-state index is 12.2. The number of aliphatic carboxylic acids is 1. The number of piperidine rings is 1. The van der Waals surface area contributed by atoms with Crippen LogP contribution in [0.2, 0.25) is 0 Å². The predicted molar refractivity (Wildman–Crippen MR) is 71.8 cm³/mol. The number of nitrogens with zero attached hydrogens (tertiary/aromatic N) is 1. The highest BCUT2D eigenvalue weighted by atomic mass is 16.5. The van der Waals surface area contributed by atoms with Crippen molar-refractivity contribution in [2.24, 2.45) is 11.3 Å². The number of carbonyl (C=O) groups excluding carboxylic acids is 1. The summed E-state index contributed by atoms with van der Waals surface area (Å²) in [5.74, 6) is -0.568. The molecule has 0 radical (unpaired) electrons. The molecule has 0 saturated carbocycles. The highest BCUT2D eigenvalue weighted by Crippen LogP contribution is 2.34. The van der Waals surface area contributed by atoms with Crippen LogP contribution in [0, 0.1) is 11.3 Å². The van der Waals surface area contributed by atoms with Crippen molar-refractivity contribution in [1.29, 1.82) is 0 Å². The topological polar surface area (TPSA) is 66.8 Å². The molecule has 1 amide bonds. The molecule has 5 heteroatoms. The number of carboxylic acid groups (broad SMARTS) is 1. The third-order valence-corrected chi connectivity index (χ3v) is 4.03. The molecule has 0 spiro atoms. The molecule has 0 aliphatic carbocycles. The summed E-state index contributed by atoms with van der Waals surface area (Å²) in [4.78, 5) is 25.3. The van der Waals surface area contributed by atoms with Gasteiger partial charge >= 0.3 is 5.97 Å². The summed E-state index contributed by atoms with van der Waals surface area (Å²) >= 11 is 0. The number of amides is 1. The zero-order chi connectivity index (χ0) is 14.5. The number of hydrogen-bond acceptors (Lipinski definition) is 3. The van der Waals surface area contributed by atoms with E-state index >= 15 is 0 Å². The van der Waals surface area contributed by atoms with E-state index in [0.717, 1.165) is 6.42 Å². The highest BCUT2D eigenvalue weighted by Gasteiger charge is 2.42. The molecule has 1 fully saturated rings. The first-order chi connectivity index (χ1) is 8.95. The predicted octanol–water partition coefficient (Wildman–Crippen LogP) is 1.76. The minimum Gasteiger partial charge on any atom is -0.481 e. The van der Waals surface area contributed by atoms with E-state index in [0.29, 0.717) is 39.0 Å². The van der Waals surface area contributed by atoms with Crippen molar-refractivity contribution in [1.82, 2.24) is 4.90 Å². The van der Waals surface area contributed by atoms with Gasteiger partial charge in [-0.25, -0.2) is 0 Å². The lowest BCUT2D eigenvalue weighted by Crippen LogP contribution is -2.50. The molecule has 0 aromatic rings. The molecule has 1 aliphatic heterocycles. The maximum Gasteiger partial charge on any atom is 0.311 e. The van der Waals surface area contributed by atoms with Gasteiger partial charge in [0.2, 0.25) is 5.91 Å². The van der Waals surface area contributed by atoms with Crippen molar-refractivity contribution in [2.45, 2.75) is 39.5 Å². The Hall–Kier alpha value is -1.10. The average Bonchev–Trinajstić information content (AvgIpc) is 2.38. The van der Waals surface area contributed by atoms with Crippen molar-refractivity contribution >= 4 is 11.9 Å². The average molecular weight is 271 g/mol. The first kappa shape index (κ1) is 16.0. The Morgan fingerprint density at radius 1 is 1.47 bits per heavy atom. The van der Waals surface area contributed by atoms with Gasteiger partial charge in [0.25, 0.3) is 0 Å². The molecule has 0 aromatic carbocycles. The van der Waals surface area contributed by atoms with E-state index in [9.17, 15) is 14.7 Å². The van der Waals surface area contributed by atoms with Crippen LogP contribution < -0.4 is 0 Å². The van der Waals surface area contributed by atoms with Crippen molar-refractivity contribution < 1.29 is 19.4 Å². The Balaban J connectivity index is 2.63. The van der Waals surface area contributed by atoms with Gasteiger partial charge in [-0.1, -0.05) is 13.8 Å². The van der Waals surface area contributed by atoms with Crippen LogP contribution in [0.4, 0.5) is 0 Å². The Bertz CT molecular complexity index is 331. The Morgan fingerprint density at radius 3 is 2.68 bits per heavy atom. The minimum absolute atomic E-state index is 0.0447.